The third-order valence-electron chi connectivity index (χ3n) is 2.06. The van der Waals surface area contributed by atoms with E-state index < -0.39 is 42.6 Å². The zero-order chi connectivity index (χ0) is 14.3. The minimum absolute atomic E-state index is 0.376. The Morgan fingerprint density at radius 2 is 1.83 bits per heavy atom. The molecule has 0 fully saturated rings. The van der Waals surface area contributed by atoms with Crippen molar-refractivity contribution in [2.75, 3.05) is 13.2 Å². The van der Waals surface area contributed by atoms with Crippen molar-refractivity contribution >= 4 is 17.8 Å². The lowest BCUT2D eigenvalue weighted by Crippen LogP contribution is -2.57. The van der Waals surface area contributed by atoms with E-state index in [4.69, 9.17) is 15.9 Å². The van der Waals surface area contributed by atoms with Crippen LogP contribution in [0, 0.1) is 0 Å². The van der Waals surface area contributed by atoms with Gasteiger partial charge in [-0.2, -0.15) is 0 Å². The van der Waals surface area contributed by atoms with Crippen molar-refractivity contribution in [3.05, 3.63) is 0 Å². The van der Waals surface area contributed by atoms with Gasteiger partial charge in [0.15, 0.2) is 0 Å². The van der Waals surface area contributed by atoms with Crippen molar-refractivity contribution in [3.8, 4) is 0 Å². The van der Waals surface area contributed by atoms with Gasteiger partial charge in [-0.15, -0.1) is 0 Å². The van der Waals surface area contributed by atoms with Gasteiger partial charge in [0, 0.05) is 0 Å². The normalized spacial score (nSPS) is 15.3. The Morgan fingerprint density at radius 1 is 1.28 bits per heavy atom. The number of aliphatic carboxylic acids is 1. The first-order chi connectivity index (χ1) is 8.33. The van der Waals surface area contributed by atoms with Gasteiger partial charge in [-0.1, -0.05) is 0 Å². The molecule has 0 saturated heterocycles. The lowest BCUT2D eigenvalue weighted by atomic mass is 10.1. The SMILES string of the molecule is CC(O)C(NC(=O)CN)C(=O)NC(CO)C(=O)O. The van der Waals surface area contributed by atoms with Crippen LogP contribution < -0.4 is 16.4 Å². The first-order valence-corrected chi connectivity index (χ1v) is 5.15. The number of carboxylic acids is 1. The molecule has 9 heteroatoms. The number of aliphatic hydroxyl groups excluding tert-OH is 2. The monoisotopic (exact) mass is 263 g/mol. The van der Waals surface area contributed by atoms with Crippen molar-refractivity contribution in [1.82, 2.24) is 10.6 Å². The third kappa shape index (κ3) is 5.08. The van der Waals surface area contributed by atoms with Crippen molar-refractivity contribution < 1.29 is 29.7 Å². The van der Waals surface area contributed by atoms with Crippen LogP contribution in [0.3, 0.4) is 0 Å². The highest BCUT2D eigenvalue weighted by Gasteiger charge is 2.28. The van der Waals surface area contributed by atoms with E-state index in [9.17, 15) is 19.5 Å². The van der Waals surface area contributed by atoms with Crippen LogP contribution in [0.2, 0.25) is 0 Å². The number of nitrogens with one attached hydrogen (secondary N) is 2. The number of amides is 2. The molecule has 0 rings (SSSR count). The smallest absolute Gasteiger partial charge is 0.328 e. The number of carboxylic acid groups (broad SMARTS) is 1. The van der Waals surface area contributed by atoms with Crippen LogP contribution in [0.1, 0.15) is 6.92 Å². The molecule has 3 unspecified atom stereocenters. The maximum Gasteiger partial charge on any atom is 0.328 e. The van der Waals surface area contributed by atoms with E-state index in [1.165, 1.54) is 6.92 Å². The highest BCUT2D eigenvalue weighted by atomic mass is 16.4. The van der Waals surface area contributed by atoms with Crippen LogP contribution in [-0.2, 0) is 14.4 Å². The first kappa shape index (κ1) is 16.3. The Morgan fingerprint density at radius 3 is 2.17 bits per heavy atom. The van der Waals surface area contributed by atoms with Gasteiger partial charge in [-0.3, -0.25) is 9.59 Å². The molecule has 0 saturated carbocycles. The molecule has 9 nitrogen and oxygen atoms in total. The van der Waals surface area contributed by atoms with Gasteiger partial charge in [0.05, 0.1) is 19.3 Å². The topological polar surface area (TPSA) is 162 Å². The summed E-state index contributed by atoms with van der Waals surface area (Å²) in [6.45, 7) is 0.0626. The number of nitrogens with two attached hydrogens (primary N) is 1. The molecule has 7 N–H and O–H groups in total. The molecule has 0 bridgehead atoms. The van der Waals surface area contributed by atoms with Crippen LogP contribution in [0.4, 0.5) is 0 Å². The molecule has 18 heavy (non-hydrogen) atoms. The van der Waals surface area contributed by atoms with Crippen LogP contribution in [0.25, 0.3) is 0 Å². The number of carbonyl (C=O) groups is 3. The predicted molar refractivity (Wildman–Crippen MR) is 59.3 cm³/mol. The number of aliphatic hydroxyl groups is 2. The van der Waals surface area contributed by atoms with Gasteiger partial charge in [-0.05, 0) is 6.92 Å². The highest BCUT2D eigenvalue weighted by molar-refractivity contribution is 5.91. The second-order valence-corrected chi connectivity index (χ2v) is 3.57. The average Bonchev–Trinajstić information content (AvgIpc) is 2.31. The van der Waals surface area contributed by atoms with Crippen LogP contribution >= 0.6 is 0 Å². The fourth-order valence-electron chi connectivity index (χ4n) is 1.08. The molecule has 0 aromatic rings. The number of rotatable bonds is 7. The number of hydrogen-bond acceptors (Lipinski definition) is 6. The van der Waals surface area contributed by atoms with Gasteiger partial charge >= 0.3 is 5.97 Å². The summed E-state index contributed by atoms with van der Waals surface area (Å²) in [5.74, 6) is -3.03. The fourth-order valence-corrected chi connectivity index (χ4v) is 1.08. The zero-order valence-electron chi connectivity index (χ0n) is 9.79. The maximum absolute atomic E-state index is 11.6. The van der Waals surface area contributed by atoms with Crippen LogP contribution in [0.5, 0.6) is 0 Å². The number of hydrogen-bond donors (Lipinski definition) is 6. The second kappa shape index (κ2) is 7.58. The maximum atomic E-state index is 11.6. The van der Waals surface area contributed by atoms with Crippen molar-refractivity contribution in [3.63, 3.8) is 0 Å². The van der Waals surface area contributed by atoms with Gasteiger partial charge in [0.1, 0.15) is 12.1 Å². The quantitative estimate of drug-likeness (QED) is 0.276. The zero-order valence-corrected chi connectivity index (χ0v) is 9.79. The summed E-state index contributed by atoms with van der Waals surface area (Å²) < 4.78 is 0. The standard InChI is InChI=1S/C9H17N3O6/c1-4(14)7(12-6(15)2-10)8(16)11-5(3-13)9(17)18/h4-5,7,13-14H,2-3,10H2,1H3,(H,11,16)(H,12,15)(H,17,18). The van der Waals surface area contributed by atoms with E-state index in [0.29, 0.717) is 0 Å². The molecule has 104 valence electrons. The van der Waals surface area contributed by atoms with Crippen LogP contribution in [-0.4, -0.2) is 64.4 Å². The molecular formula is C9H17N3O6. The Balaban J connectivity index is 4.66. The van der Waals surface area contributed by atoms with Crippen molar-refractivity contribution in [2.24, 2.45) is 5.73 Å². The summed E-state index contributed by atoms with van der Waals surface area (Å²) in [4.78, 5) is 33.2. The summed E-state index contributed by atoms with van der Waals surface area (Å²) in [7, 11) is 0. The predicted octanol–water partition coefficient (Wildman–Crippen LogP) is -3.63. The highest BCUT2D eigenvalue weighted by Crippen LogP contribution is 1.95. The molecule has 0 spiro atoms. The summed E-state index contributed by atoms with van der Waals surface area (Å²) in [6.07, 6.45) is -1.24. The molecule has 2 amide bonds. The van der Waals surface area contributed by atoms with E-state index in [-0.39, 0.29) is 6.54 Å². The molecule has 0 aromatic heterocycles. The van der Waals surface area contributed by atoms with Crippen molar-refractivity contribution in [1.29, 1.82) is 0 Å². The third-order valence-corrected chi connectivity index (χ3v) is 2.06. The summed E-state index contributed by atoms with van der Waals surface area (Å²) in [5.41, 5.74) is 5.04. The van der Waals surface area contributed by atoms with Crippen molar-refractivity contribution in [2.45, 2.75) is 25.1 Å². The molecule has 0 aromatic carbocycles. The number of carbonyl (C=O) groups excluding carboxylic acids is 2. The van der Waals surface area contributed by atoms with E-state index in [1.807, 2.05) is 5.32 Å². The first-order valence-electron chi connectivity index (χ1n) is 5.15. The molecule has 3 atom stereocenters. The van der Waals surface area contributed by atoms with Gasteiger partial charge < -0.3 is 31.7 Å². The van der Waals surface area contributed by atoms with Gasteiger partial charge in [-0.25, -0.2) is 4.79 Å². The molecule has 0 aliphatic carbocycles. The summed E-state index contributed by atoms with van der Waals surface area (Å²) in [6, 6.07) is -2.84. The van der Waals surface area contributed by atoms with E-state index in [2.05, 4.69) is 5.32 Å². The van der Waals surface area contributed by atoms with Gasteiger partial charge in [0.2, 0.25) is 11.8 Å². The van der Waals surface area contributed by atoms with E-state index in [0.717, 1.165) is 0 Å². The molecule has 0 aliphatic heterocycles. The molecule has 0 aliphatic rings. The Kier molecular flexibility index (Phi) is 6.86. The largest absolute Gasteiger partial charge is 0.480 e. The summed E-state index contributed by atoms with van der Waals surface area (Å²) >= 11 is 0. The molecule has 0 heterocycles. The lowest BCUT2D eigenvalue weighted by molar-refractivity contribution is -0.144. The minimum atomic E-state index is -1.51. The summed E-state index contributed by atoms with van der Waals surface area (Å²) in [5, 5.41) is 30.8. The van der Waals surface area contributed by atoms with Gasteiger partial charge in [0.25, 0.3) is 0 Å². The fraction of sp³-hybridized carbons (Fsp3) is 0.667. The molecule has 0 radical (unpaired) electrons. The van der Waals surface area contributed by atoms with E-state index >= 15 is 0 Å². The Bertz CT molecular complexity index is 319. The average molecular weight is 263 g/mol. The lowest BCUT2D eigenvalue weighted by Gasteiger charge is -2.22. The minimum Gasteiger partial charge on any atom is -0.480 e. The molecular weight excluding hydrogens is 246 g/mol. The van der Waals surface area contributed by atoms with E-state index in [1.54, 1.807) is 0 Å². The van der Waals surface area contributed by atoms with Crippen LogP contribution in [0.15, 0.2) is 0 Å². The Labute approximate surface area is 103 Å². The second-order valence-electron chi connectivity index (χ2n) is 3.57. The Hall–Kier alpha value is -1.71.